The fourth-order valence-corrected chi connectivity index (χ4v) is 4.27. The van der Waals surface area contributed by atoms with Gasteiger partial charge in [0.1, 0.15) is 11.5 Å². The van der Waals surface area contributed by atoms with E-state index < -0.39 is 18.3 Å². The summed E-state index contributed by atoms with van der Waals surface area (Å²) in [4.78, 5) is 14.6. The molecule has 0 spiro atoms. The second-order valence-electron chi connectivity index (χ2n) is 8.40. The summed E-state index contributed by atoms with van der Waals surface area (Å²) in [5.74, 6) is 0.0386. The molecule has 30 heavy (non-hydrogen) atoms. The Bertz CT molecular complexity index is 922. The van der Waals surface area contributed by atoms with Gasteiger partial charge in [0, 0.05) is 18.7 Å². The van der Waals surface area contributed by atoms with Crippen LogP contribution in [0.5, 0.6) is 0 Å². The first-order valence-corrected chi connectivity index (χ1v) is 10.2. The molecule has 0 aliphatic carbocycles. The van der Waals surface area contributed by atoms with E-state index in [1.807, 2.05) is 13.8 Å². The Hall–Kier alpha value is -2.59. The number of hydrogen-bond acceptors (Lipinski definition) is 6. The predicted octanol–water partition coefficient (Wildman–Crippen LogP) is 3.89. The Balaban J connectivity index is 1.68. The Morgan fingerprint density at radius 1 is 1.30 bits per heavy atom. The van der Waals surface area contributed by atoms with Gasteiger partial charge in [-0.05, 0) is 43.7 Å². The summed E-state index contributed by atoms with van der Waals surface area (Å²) in [5.41, 5.74) is 0.961. The number of hydrogen-bond donors (Lipinski definition) is 1. The summed E-state index contributed by atoms with van der Waals surface area (Å²) in [6.45, 7) is 5.90. The Kier molecular flexibility index (Phi) is 5.23. The minimum absolute atomic E-state index is 0.0392. The molecule has 2 aromatic rings. The predicted molar refractivity (Wildman–Crippen MR) is 101 cm³/mol. The van der Waals surface area contributed by atoms with Crippen molar-refractivity contribution >= 4 is 11.7 Å². The van der Waals surface area contributed by atoms with E-state index in [1.54, 1.807) is 17.9 Å². The van der Waals surface area contributed by atoms with Crippen molar-refractivity contribution in [1.82, 2.24) is 25.0 Å². The van der Waals surface area contributed by atoms with Gasteiger partial charge in [0.25, 0.3) is 5.91 Å². The van der Waals surface area contributed by atoms with Crippen molar-refractivity contribution < 1.29 is 22.6 Å². The minimum atomic E-state index is -4.40. The highest BCUT2D eigenvalue weighted by Gasteiger charge is 2.47. The van der Waals surface area contributed by atoms with Crippen molar-refractivity contribution in [2.45, 2.75) is 70.8 Å². The first-order valence-electron chi connectivity index (χ1n) is 10.2. The third-order valence-corrected chi connectivity index (χ3v) is 6.00. The van der Waals surface area contributed by atoms with Gasteiger partial charge in [0.15, 0.2) is 11.7 Å². The van der Waals surface area contributed by atoms with Gasteiger partial charge >= 0.3 is 6.18 Å². The van der Waals surface area contributed by atoms with Gasteiger partial charge in [-0.2, -0.15) is 18.3 Å². The van der Waals surface area contributed by atoms with E-state index in [0.29, 0.717) is 30.2 Å². The average Bonchev–Trinajstić information content (AvgIpc) is 3.31. The van der Waals surface area contributed by atoms with E-state index in [-0.39, 0.29) is 30.0 Å². The van der Waals surface area contributed by atoms with Crippen LogP contribution in [0.3, 0.4) is 0 Å². The van der Waals surface area contributed by atoms with Crippen LogP contribution in [0.4, 0.5) is 19.0 Å². The van der Waals surface area contributed by atoms with Crippen LogP contribution >= 0.6 is 0 Å². The molecule has 11 heteroatoms. The molecule has 2 aromatic heterocycles. The number of nitrogens with one attached hydrogen (secondary N) is 1. The highest BCUT2D eigenvalue weighted by molar-refractivity contribution is 5.93. The van der Waals surface area contributed by atoms with E-state index in [4.69, 9.17) is 0 Å². The molecule has 0 saturated carbocycles. The van der Waals surface area contributed by atoms with Gasteiger partial charge in [-0.25, -0.2) is 9.31 Å². The van der Waals surface area contributed by atoms with Crippen LogP contribution in [0.25, 0.3) is 0 Å². The number of piperidine rings is 1. The van der Waals surface area contributed by atoms with E-state index in [9.17, 15) is 18.0 Å². The van der Waals surface area contributed by atoms with Gasteiger partial charge in [0.2, 0.25) is 0 Å². The lowest BCUT2D eigenvalue weighted by atomic mass is 9.94. The van der Waals surface area contributed by atoms with E-state index >= 15 is 0 Å². The van der Waals surface area contributed by atoms with Crippen LogP contribution in [0.15, 0.2) is 10.7 Å². The average molecular weight is 426 g/mol. The molecule has 0 bridgehead atoms. The van der Waals surface area contributed by atoms with Gasteiger partial charge in [0.05, 0.1) is 11.7 Å². The normalized spacial score (nSPS) is 24.6. The molecule has 4 heterocycles. The van der Waals surface area contributed by atoms with Crippen molar-refractivity contribution in [2.75, 3.05) is 11.9 Å². The van der Waals surface area contributed by atoms with Crippen LogP contribution in [0.1, 0.15) is 73.5 Å². The third kappa shape index (κ3) is 3.65. The first-order chi connectivity index (χ1) is 14.2. The number of aromatic nitrogens is 4. The number of rotatable bonds is 3. The van der Waals surface area contributed by atoms with E-state index in [2.05, 4.69) is 25.4 Å². The molecular weight excluding hydrogens is 401 g/mol. The molecule has 2 aliphatic heterocycles. The van der Waals surface area contributed by atoms with E-state index in [0.717, 1.165) is 17.5 Å². The van der Waals surface area contributed by atoms with Gasteiger partial charge in [-0.15, -0.1) is 0 Å². The number of fused-ring (bicyclic) bond motifs is 1. The van der Waals surface area contributed by atoms with Crippen LogP contribution in [0, 0.1) is 12.8 Å². The lowest BCUT2D eigenvalue weighted by molar-refractivity contribution is -0.174. The van der Waals surface area contributed by atoms with Crippen LogP contribution in [-0.2, 0) is 0 Å². The molecule has 0 radical (unpaired) electrons. The smallest absolute Gasteiger partial charge is 0.367 e. The number of aryl methyl sites for hydroxylation is 1. The van der Waals surface area contributed by atoms with Crippen molar-refractivity contribution in [3.05, 3.63) is 23.1 Å². The van der Waals surface area contributed by atoms with Crippen molar-refractivity contribution in [2.24, 2.45) is 5.92 Å². The molecule has 1 fully saturated rings. The maximum Gasteiger partial charge on any atom is 0.410 e. The fraction of sp³-hybridized carbons (Fsp3) is 0.684. The zero-order chi connectivity index (χ0) is 21.6. The molecule has 1 saturated heterocycles. The van der Waals surface area contributed by atoms with Crippen LogP contribution in [0.2, 0.25) is 0 Å². The summed E-state index contributed by atoms with van der Waals surface area (Å²) in [7, 11) is 0. The Morgan fingerprint density at radius 3 is 2.70 bits per heavy atom. The molecule has 2 aliphatic rings. The van der Waals surface area contributed by atoms with Crippen molar-refractivity contribution in [1.29, 1.82) is 0 Å². The standard InChI is InChI=1S/C19H25F3N6O2/c1-10(2)12-8-15(19(20,21)22)28-16(23-12)9-13(24-28)14-6-4-5-7-27(14)18(29)17-11(3)25-30-26-17/h9-10,12,14-15,23H,4-8H2,1-3H3/t12-,14-,15+/m0/s1. The molecule has 3 atom stereocenters. The third-order valence-electron chi connectivity index (χ3n) is 6.00. The number of nitrogens with zero attached hydrogens (tertiary/aromatic N) is 5. The first kappa shape index (κ1) is 20.7. The second-order valence-corrected chi connectivity index (χ2v) is 8.40. The number of alkyl halides is 3. The van der Waals surface area contributed by atoms with Gasteiger partial charge in [-0.1, -0.05) is 19.0 Å². The topological polar surface area (TPSA) is 89.1 Å². The number of amides is 1. The highest BCUT2D eigenvalue weighted by Crippen LogP contribution is 2.42. The molecule has 8 nitrogen and oxygen atoms in total. The van der Waals surface area contributed by atoms with Crippen molar-refractivity contribution in [3.63, 3.8) is 0 Å². The summed E-state index contributed by atoms with van der Waals surface area (Å²) in [6.07, 6.45) is -2.20. The zero-order valence-electron chi connectivity index (χ0n) is 17.1. The minimum Gasteiger partial charge on any atom is -0.367 e. The van der Waals surface area contributed by atoms with Crippen LogP contribution < -0.4 is 5.32 Å². The van der Waals surface area contributed by atoms with Crippen LogP contribution in [-0.4, -0.2) is 49.7 Å². The summed E-state index contributed by atoms with van der Waals surface area (Å²) in [5, 5.41) is 14.9. The van der Waals surface area contributed by atoms with Crippen molar-refractivity contribution in [3.8, 4) is 0 Å². The monoisotopic (exact) mass is 426 g/mol. The molecular formula is C19H25F3N6O2. The van der Waals surface area contributed by atoms with E-state index in [1.165, 1.54) is 0 Å². The highest BCUT2D eigenvalue weighted by atomic mass is 19.4. The maximum absolute atomic E-state index is 13.8. The number of anilines is 1. The molecule has 0 unspecified atom stereocenters. The Labute approximate surface area is 171 Å². The lowest BCUT2D eigenvalue weighted by Crippen LogP contribution is -2.41. The quantitative estimate of drug-likeness (QED) is 0.801. The molecule has 4 rings (SSSR count). The SMILES string of the molecule is Cc1nonc1C(=O)N1CCCC[C@H]1c1cc2n(n1)[C@@H](C(F)(F)F)C[C@@H](C(C)C)N2. The van der Waals surface area contributed by atoms with Gasteiger partial charge in [-0.3, -0.25) is 4.79 Å². The molecule has 164 valence electrons. The molecule has 0 aromatic carbocycles. The Morgan fingerprint density at radius 2 is 2.07 bits per heavy atom. The summed E-state index contributed by atoms with van der Waals surface area (Å²) in [6, 6.07) is -0.767. The number of carbonyl (C=O) groups is 1. The maximum atomic E-state index is 13.8. The number of carbonyl (C=O) groups excluding carboxylic acids is 1. The largest absolute Gasteiger partial charge is 0.410 e. The second kappa shape index (κ2) is 7.59. The number of halogens is 3. The summed E-state index contributed by atoms with van der Waals surface area (Å²) >= 11 is 0. The summed E-state index contributed by atoms with van der Waals surface area (Å²) < 4.78 is 47.0. The fourth-order valence-electron chi connectivity index (χ4n) is 4.27. The molecule has 1 amide bonds. The lowest BCUT2D eigenvalue weighted by Gasteiger charge is -2.35. The molecule has 1 N–H and O–H groups in total. The zero-order valence-corrected chi connectivity index (χ0v) is 17.1. The number of likely N-dealkylation sites (tertiary alicyclic amines) is 1. The van der Waals surface area contributed by atoms with Gasteiger partial charge < -0.3 is 10.2 Å².